The van der Waals surface area contributed by atoms with Crippen molar-refractivity contribution >= 4 is 17.6 Å². The van der Waals surface area contributed by atoms with Gasteiger partial charge >= 0.3 is 5.97 Å². The number of nitrogens with one attached hydrogen (secondary N) is 1. The van der Waals surface area contributed by atoms with Gasteiger partial charge in [-0.1, -0.05) is 25.1 Å². The van der Waals surface area contributed by atoms with E-state index in [0.29, 0.717) is 12.8 Å². The predicted molar refractivity (Wildman–Crippen MR) is 77.6 cm³/mol. The Hall–Kier alpha value is -1.84. The van der Waals surface area contributed by atoms with Crippen LogP contribution in [0.15, 0.2) is 18.2 Å². The molecule has 1 fully saturated rings. The molecule has 0 aliphatic heterocycles. The molecular formula is C16H21NO3. The van der Waals surface area contributed by atoms with Gasteiger partial charge in [-0.25, -0.2) is 0 Å². The number of benzene rings is 1. The van der Waals surface area contributed by atoms with Crippen molar-refractivity contribution in [3.8, 4) is 0 Å². The van der Waals surface area contributed by atoms with E-state index in [1.807, 2.05) is 39.0 Å². The molecule has 2 rings (SSSR count). The lowest BCUT2D eigenvalue weighted by Crippen LogP contribution is -2.30. The SMILES string of the molecule is Cc1cccc(C)c1NC(=O)C1CC(C)CC1C(=O)O. The van der Waals surface area contributed by atoms with Gasteiger partial charge in [0.25, 0.3) is 0 Å². The van der Waals surface area contributed by atoms with Crippen molar-refractivity contribution in [2.75, 3.05) is 5.32 Å². The van der Waals surface area contributed by atoms with Crippen LogP contribution in [0.5, 0.6) is 0 Å². The van der Waals surface area contributed by atoms with Gasteiger partial charge < -0.3 is 10.4 Å². The van der Waals surface area contributed by atoms with Crippen LogP contribution in [0.2, 0.25) is 0 Å². The van der Waals surface area contributed by atoms with Crippen molar-refractivity contribution in [2.45, 2.75) is 33.6 Å². The summed E-state index contributed by atoms with van der Waals surface area (Å²) in [5.74, 6) is -1.74. The molecule has 0 aromatic heterocycles. The van der Waals surface area contributed by atoms with Crippen molar-refractivity contribution in [1.82, 2.24) is 0 Å². The first-order valence-electron chi connectivity index (χ1n) is 7.00. The van der Waals surface area contributed by atoms with E-state index in [1.54, 1.807) is 0 Å². The molecular weight excluding hydrogens is 254 g/mol. The zero-order chi connectivity index (χ0) is 14.9. The molecule has 20 heavy (non-hydrogen) atoms. The number of carboxylic acids is 1. The van der Waals surface area contributed by atoms with Crippen LogP contribution in [-0.4, -0.2) is 17.0 Å². The Kier molecular flexibility index (Phi) is 4.12. The molecule has 1 aliphatic rings. The average molecular weight is 275 g/mol. The van der Waals surface area contributed by atoms with E-state index >= 15 is 0 Å². The van der Waals surface area contributed by atoms with Crippen LogP contribution in [0.25, 0.3) is 0 Å². The van der Waals surface area contributed by atoms with Crippen LogP contribution in [0.4, 0.5) is 5.69 Å². The fourth-order valence-corrected chi connectivity index (χ4v) is 3.08. The highest BCUT2D eigenvalue weighted by Crippen LogP contribution is 2.37. The first kappa shape index (κ1) is 14.6. The fourth-order valence-electron chi connectivity index (χ4n) is 3.08. The number of rotatable bonds is 3. The number of hydrogen-bond acceptors (Lipinski definition) is 2. The molecule has 0 bridgehead atoms. The van der Waals surface area contributed by atoms with Crippen LogP contribution in [0, 0.1) is 31.6 Å². The molecule has 3 atom stereocenters. The highest BCUT2D eigenvalue weighted by atomic mass is 16.4. The van der Waals surface area contributed by atoms with E-state index < -0.39 is 17.8 Å². The molecule has 1 aromatic carbocycles. The molecule has 0 spiro atoms. The van der Waals surface area contributed by atoms with Gasteiger partial charge in [0.2, 0.25) is 5.91 Å². The topological polar surface area (TPSA) is 66.4 Å². The third-order valence-electron chi connectivity index (χ3n) is 4.18. The van der Waals surface area contributed by atoms with Gasteiger partial charge in [0.1, 0.15) is 0 Å². The fraction of sp³-hybridized carbons (Fsp3) is 0.500. The first-order chi connectivity index (χ1) is 9.40. The normalized spacial score (nSPS) is 25.4. The second kappa shape index (κ2) is 5.65. The van der Waals surface area contributed by atoms with Gasteiger partial charge in [-0.3, -0.25) is 9.59 Å². The number of hydrogen-bond donors (Lipinski definition) is 2. The van der Waals surface area contributed by atoms with E-state index in [0.717, 1.165) is 16.8 Å². The zero-order valence-corrected chi connectivity index (χ0v) is 12.1. The average Bonchev–Trinajstić information content (AvgIpc) is 2.76. The lowest BCUT2D eigenvalue weighted by molar-refractivity contribution is -0.145. The second-order valence-electron chi connectivity index (χ2n) is 5.88. The molecule has 0 saturated heterocycles. The summed E-state index contributed by atoms with van der Waals surface area (Å²) in [4.78, 5) is 23.7. The van der Waals surface area contributed by atoms with Crippen molar-refractivity contribution in [3.63, 3.8) is 0 Å². The maximum absolute atomic E-state index is 12.4. The standard InChI is InChI=1S/C16H21NO3/c1-9-7-12(13(8-9)16(19)20)15(18)17-14-10(2)5-4-6-11(14)3/h4-6,9,12-13H,7-8H2,1-3H3,(H,17,18)(H,19,20). The molecule has 3 unspecified atom stereocenters. The molecule has 1 saturated carbocycles. The quantitative estimate of drug-likeness (QED) is 0.891. The third kappa shape index (κ3) is 2.84. The van der Waals surface area contributed by atoms with Gasteiger partial charge in [-0.2, -0.15) is 0 Å². The Morgan fingerprint density at radius 2 is 1.70 bits per heavy atom. The largest absolute Gasteiger partial charge is 0.481 e. The summed E-state index contributed by atoms with van der Waals surface area (Å²) in [6.45, 7) is 5.88. The molecule has 1 aromatic rings. The Morgan fingerprint density at radius 1 is 1.15 bits per heavy atom. The van der Waals surface area contributed by atoms with E-state index in [9.17, 15) is 14.7 Å². The van der Waals surface area contributed by atoms with Crippen LogP contribution in [-0.2, 0) is 9.59 Å². The number of carbonyl (C=O) groups is 2. The smallest absolute Gasteiger partial charge is 0.307 e. The van der Waals surface area contributed by atoms with E-state index in [2.05, 4.69) is 5.32 Å². The Balaban J connectivity index is 2.18. The number of amides is 1. The number of aliphatic carboxylic acids is 1. The molecule has 0 radical (unpaired) electrons. The minimum atomic E-state index is -0.865. The monoisotopic (exact) mass is 275 g/mol. The number of carbonyl (C=O) groups excluding carboxylic acids is 1. The molecule has 2 N–H and O–H groups in total. The first-order valence-corrected chi connectivity index (χ1v) is 7.00. The number of anilines is 1. The molecule has 4 nitrogen and oxygen atoms in total. The van der Waals surface area contributed by atoms with Gasteiger partial charge in [0.05, 0.1) is 11.8 Å². The Morgan fingerprint density at radius 3 is 2.25 bits per heavy atom. The van der Waals surface area contributed by atoms with Crippen molar-refractivity contribution < 1.29 is 14.7 Å². The minimum Gasteiger partial charge on any atom is -0.481 e. The van der Waals surface area contributed by atoms with Crippen LogP contribution in [0.3, 0.4) is 0 Å². The maximum atomic E-state index is 12.4. The second-order valence-corrected chi connectivity index (χ2v) is 5.88. The summed E-state index contributed by atoms with van der Waals surface area (Å²) >= 11 is 0. The van der Waals surface area contributed by atoms with E-state index in [-0.39, 0.29) is 11.8 Å². The summed E-state index contributed by atoms with van der Waals surface area (Å²) in [5, 5.41) is 12.2. The molecule has 4 heteroatoms. The van der Waals surface area contributed by atoms with Crippen molar-refractivity contribution in [1.29, 1.82) is 0 Å². The summed E-state index contributed by atoms with van der Waals surface area (Å²) in [6.07, 6.45) is 1.23. The van der Waals surface area contributed by atoms with Crippen LogP contribution < -0.4 is 5.32 Å². The lowest BCUT2D eigenvalue weighted by Gasteiger charge is -2.18. The number of aryl methyl sites for hydroxylation is 2. The molecule has 0 heterocycles. The van der Waals surface area contributed by atoms with E-state index in [4.69, 9.17) is 0 Å². The third-order valence-corrected chi connectivity index (χ3v) is 4.18. The summed E-state index contributed by atoms with van der Waals surface area (Å²) in [5.41, 5.74) is 2.80. The zero-order valence-electron chi connectivity index (χ0n) is 12.1. The summed E-state index contributed by atoms with van der Waals surface area (Å²) in [7, 11) is 0. The van der Waals surface area contributed by atoms with Crippen molar-refractivity contribution in [3.05, 3.63) is 29.3 Å². The van der Waals surface area contributed by atoms with Gasteiger partial charge in [0, 0.05) is 5.69 Å². The lowest BCUT2D eigenvalue weighted by atomic mass is 9.95. The van der Waals surface area contributed by atoms with Gasteiger partial charge in [0.15, 0.2) is 0 Å². The molecule has 108 valence electrons. The Bertz CT molecular complexity index is 518. The Labute approximate surface area is 119 Å². The van der Waals surface area contributed by atoms with Gasteiger partial charge in [-0.15, -0.1) is 0 Å². The van der Waals surface area contributed by atoms with Crippen LogP contribution >= 0.6 is 0 Å². The van der Waals surface area contributed by atoms with Crippen molar-refractivity contribution in [2.24, 2.45) is 17.8 Å². The molecule has 1 amide bonds. The highest BCUT2D eigenvalue weighted by Gasteiger charge is 2.41. The predicted octanol–water partition coefficient (Wildman–Crippen LogP) is 2.99. The van der Waals surface area contributed by atoms with E-state index in [1.165, 1.54) is 0 Å². The van der Waals surface area contributed by atoms with Crippen LogP contribution in [0.1, 0.15) is 30.9 Å². The highest BCUT2D eigenvalue weighted by molar-refractivity contribution is 5.96. The number of carboxylic acid groups (broad SMARTS) is 1. The molecule has 1 aliphatic carbocycles. The van der Waals surface area contributed by atoms with Gasteiger partial charge in [-0.05, 0) is 43.7 Å². The summed E-state index contributed by atoms with van der Waals surface area (Å²) in [6, 6.07) is 5.82. The number of para-hydroxylation sites is 1. The summed E-state index contributed by atoms with van der Waals surface area (Å²) < 4.78 is 0. The minimum absolute atomic E-state index is 0.167. The maximum Gasteiger partial charge on any atom is 0.307 e.